The van der Waals surface area contributed by atoms with Gasteiger partial charge in [-0.2, -0.15) is 0 Å². The SMILES string of the molecule is O=C(O)c1c(F)ccc2c1OB(O)[C@@H](NC(=O)C(NC(=O)N1CCN(C3CCN(Cc4ccc(O)c(F)c4)CC3)C1=O)c1cc(F)c(O)c(O)c1Cl)C2. The third-order valence-corrected chi connectivity index (χ3v) is 9.89. The number of hydrogen-bond donors (Lipinski definition) is 7. The second-order valence-corrected chi connectivity index (χ2v) is 13.2. The van der Waals surface area contributed by atoms with Gasteiger partial charge in [0.25, 0.3) is 0 Å². The molecule has 7 N–H and O–H groups in total. The summed E-state index contributed by atoms with van der Waals surface area (Å²) in [6.45, 7) is 1.57. The zero-order valence-electron chi connectivity index (χ0n) is 27.6. The molecule has 6 rings (SSSR count). The Morgan fingerprint density at radius 3 is 2.36 bits per heavy atom. The van der Waals surface area contributed by atoms with Gasteiger partial charge in [-0.05, 0) is 54.7 Å². The molecule has 0 bridgehead atoms. The number of benzene rings is 3. The van der Waals surface area contributed by atoms with Gasteiger partial charge in [-0.15, -0.1) is 0 Å². The Morgan fingerprint density at radius 2 is 1.68 bits per heavy atom. The lowest BCUT2D eigenvalue weighted by molar-refractivity contribution is -0.123. The third kappa shape index (κ3) is 7.44. The molecular weight excluding hydrogens is 730 g/mol. The van der Waals surface area contributed by atoms with Gasteiger partial charge < -0.3 is 45.6 Å². The normalized spacial score (nSPS) is 18.4. The number of carbonyl (C=O) groups excluding carboxylic acids is 3. The monoisotopic (exact) mass is 761 g/mol. The highest BCUT2D eigenvalue weighted by Crippen LogP contribution is 2.41. The van der Waals surface area contributed by atoms with E-state index >= 15 is 0 Å². The maximum Gasteiger partial charge on any atom is 0.547 e. The second-order valence-electron chi connectivity index (χ2n) is 12.8. The molecule has 1 unspecified atom stereocenters. The van der Waals surface area contributed by atoms with Gasteiger partial charge in [-0.25, -0.2) is 32.5 Å². The topological polar surface area (TPSA) is 212 Å². The summed E-state index contributed by atoms with van der Waals surface area (Å²) in [6, 6.07) is 2.81. The number of hydrogen-bond acceptors (Lipinski definition) is 10. The van der Waals surface area contributed by atoms with Crippen molar-refractivity contribution in [3.63, 3.8) is 0 Å². The number of imide groups is 1. The van der Waals surface area contributed by atoms with Crippen molar-refractivity contribution in [2.45, 2.75) is 43.8 Å². The van der Waals surface area contributed by atoms with E-state index in [2.05, 4.69) is 15.5 Å². The van der Waals surface area contributed by atoms with Crippen molar-refractivity contribution in [1.29, 1.82) is 0 Å². The smallest absolute Gasteiger partial charge is 0.534 e. The van der Waals surface area contributed by atoms with Crippen LogP contribution >= 0.6 is 11.6 Å². The minimum Gasteiger partial charge on any atom is -0.534 e. The van der Waals surface area contributed by atoms with E-state index in [9.17, 15) is 57.8 Å². The van der Waals surface area contributed by atoms with Gasteiger partial charge in [0.2, 0.25) is 5.91 Å². The summed E-state index contributed by atoms with van der Waals surface area (Å²) in [5.74, 6) is -10.7. The van der Waals surface area contributed by atoms with Gasteiger partial charge in [-0.1, -0.05) is 23.7 Å². The van der Waals surface area contributed by atoms with Crippen molar-refractivity contribution in [2.75, 3.05) is 26.2 Å². The lowest BCUT2D eigenvalue weighted by Crippen LogP contribution is -2.56. The molecule has 0 aromatic heterocycles. The third-order valence-electron chi connectivity index (χ3n) is 9.49. The van der Waals surface area contributed by atoms with Gasteiger partial charge >= 0.3 is 25.1 Å². The number of carboxylic acid groups (broad SMARTS) is 1. The van der Waals surface area contributed by atoms with Crippen LogP contribution in [0.3, 0.4) is 0 Å². The van der Waals surface area contributed by atoms with Crippen molar-refractivity contribution >= 4 is 42.7 Å². The van der Waals surface area contributed by atoms with Gasteiger partial charge in [0, 0.05) is 44.3 Å². The molecule has 0 radical (unpaired) electrons. The predicted octanol–water partition coefficient (Wildman–Crippen LogP) is 2.86. The fourth-order valence-corrected chi connectivity index (χ4v) is 6.97. The van der Waals surface area contributed by atoms with E-state index in [4.69, 9.17) is 16.3 Å². The van der Waals surface area contributed by atoms with Crippen molar-refractivity contribution in [3.05, 3.63) is 81.1 Å². The van der Waals surface area contributed by atoms with Crippen LogP contribution in [0.5, 0.6) is 23.0 Å². The molecule has 3 aliphatic rings. The molecule has 3 heterocycles. The molecule has 20 heteroatoms. The molecule has 3 aromatic rings. The van der Waals surface area contributed by atoms with Crippen LogP contribution in [0.25, 0.3) is 0 Å². The van der Waals surface area contributed by atoms with Crippen LogP contribution in [0.15, 0.2) is 36.4 Å². The van der Waals surface area contributed by atoms with E-state index in [0.717, 1.165) is 11.0 Å². The Labute approximate surface area is 304 Å². The van der Waals surface area contributed by atoms with E-state index in [1.807, 2.05) is 0 Å². The van der Waals surface area contributed by atoms with Crippen LogP contribution < -0.4 is 15.3 Å². The van der Waals surface area contributed by atoms with Crippen molar-refractivity contribution in [2.24, 2.45) is 0 Å². The molecule has 2 fully saturated rings. The summed E-state index contributed by atoms with van der Waals surface area (Å²) in [5.41, 5.74) is -0.595. The number of carbonyl (C=O) groups is 4. The van der Waals surface area contributed by atoms with Crippen LogP contribution in [-0.2, 0) is 17.8 Å². The molecule has 280 valence electrons. The Hall–Kier alpha value is -5.40. The molecular formula is C33H32BClF3N5O10. The average Bonchev–Trinajstić information content (AvgIpc) is 3.51. The van der Waals surface area contributed by atoms with Crippen LogP contribution in [0.1, 0.15) is 45.9 Å². The Balaban J connectivity index is 1.16. The van der Waals surface area contributed by atoms with Gasteiger partial charge in [0.1, 0.15) is 23.2 Å². The number of amides is 5. The van der Waals surface area contributed by atoms with Crippen LogP contribution in [0.2, 0.25) is 5.02 Å². The summed E-state index contributed by atoms with van der Waals surface area (Å²) < 4.78 is 47.9. The molecule has 5 amide bonds. The van der Waals surface area contributed by atoms with E-state index in [1.54, 1.807) is 6.07 Å². The molecule has 3 aliphatic heterocycles. The number of likely N-dealkylation sites (tertiary alicyclic amines) is 1. The Morgan fingerprint density at radius 1 is 0.962 bits per heavy atom. The maximum absolute atomic E-state index is 14.7. The summed E-state index contributed by atoms with van der Waals surface area (Å²) in [6.07, 6.45) is 0.782. The quantitative estimate of drug-likeness (QED) is 0.131. The number of aromatic carboxylic acids is 1. The molecule has 0 saturated carbocycles. The summed E-state index contributed by atoms with van der Waals surface area (Å²) in [7, 11) is -1.93. The minimum atomic E-state index is -1.94. The molecule has 0 spiro atoms. The maximum atomic E-state index is 14.7. The van der Waals surface area contributed by atoms with E-state index < -0.39 is 99.6 Å². The number of halogens is 4. The lowest BCUT2D eigenvalue weighted by Gasteiger charge is -2.36. The van der Waals surface area contributed by atoms with E-state index in [0.29, 0.717) is 44.1 Å². The number of piperidine rings is 1. The predicted molar refractivity (Wildman–Crippen MR) is 179 cm³/mol. The first-order valence-corrected chi connectivity index (χ1v) is 16.7. The number of carboxylic acids is 1. The number of nitrogens with one attached hydrogen (secondary N) is 2. The van der Waals surface area contributed by atoms with Crippen LogP contribution in [0.4, 0.5) is 22.8 Å². The first-order chi connectivity index (χ1) is 25.1. The van der Waals surface area contributed by atoms with Gasteiger partial charge in [-0.3, -0.25) is 9.69 Å². The van der Waals surface area contributed by atoms with Crippen LogP contribution in [0, 0.1) is 17.5 Å². The second kappa shape index (κ2) is 14.9. The molecule has 0 aliphatic carbocycles. The number of nitrogens with zero attached hydrogens (tertiary/aromatic N) is 3. The lowest BCUT2D eigenvalue weighted by atomic mass is 9.72. The molecule has 3 aromatic carbocycles. The number of aromatic hydroxyl groups is 3. The minimum absolute atomic E-state index is 0.0939. The number of rotatable bonds is 8. The number of urea groups is 2. The molecule has 2 saturated heterocycles. The Bertz CT molecular complexity index is 1990. The standard InChI is InChI=1S/C33H32BClF3N5O10/c35-25-18(13-21(38)27(45)28(25)46)26(30(47)39-23-12-16-2-3-19(36)24(31(48)49)29(16)53-34(23)52)40-32(50)43-10-9-42(33(43)51)17-5-7-41(8-6-17)14-15-1-4-22(44)20(37)11-15/h1-4,11,13,17,23,26,44-46,52H,5-10,12,14H2,(H,39,47)(H,40,50)(H,48,49)/t23-,26?/m0/s1. The fourth-order valence-electron chi connectivity index (χ4n) is 6.72. The molecule has 53 heavy (non-hydrogen) atoms. The zero-order chi connectivity index (χ0) is 38.3. The fraction of sp³-hybridized carbons (Fsp3) is 0.333. The first kappa shape index (κ1) is 37.4. The van der Waals surface area contributed by atoms with Crippen molar-refractivity contribution < 1.29 is 62.5 Å². The van der Waals surface area contributed by atoms with Crippen molar-refractivity contribution in [1.82, 2.24) is 25.3 Å². The number of phenolic OH excluding ortho intramolecular Hbond substituents is 3. The highest BCUT2D eigenvalue weighted by atomic mass is 35.5. The summed E-state index contributed by atoms with van der Waals surface area (Å²) in [4.78, 5) is 56.9. The largest absolute Gasteiger partial charge is 0.547 e. The summed E-state index contributed by atoms with van der Waals surface area (Å²) >= 11 is 6.19. The molecule has 2 atom stereocenters. The first-order valence-electron chi connectivity index (χ1n) is 16.3. The van der Waals surface area contributed by atoms with Crippen LogP contribution in [-0.4, -0.2) is 109 Å². The average molecular weight is 762 g/mol. The van der Waals surface area contributed by atoms with E-state index in [1.165, 1.54) is 23.1 Å². The van der Waals surface area contributed by atoms with E-state index in [-0.39, 0.29) is 31.1 Å². The molecule has 15 nitrogen and oxygen atoms in total. The number of fused-ring (bicyclic) bond motifs is 1. The highest BCUT2D eigenvalue weighted by Gasteiger charge is 2.43. The highest BCUT2D eigenvalue weighted by molar-refractivity contribution is 6.47. The van der Waals surface area contributed by atoms with Crippen molar-refractivity contribution in [3.8, 4) is 23.0 Å². The Kier molecular flexibility index (Phi) is 10.5. The number of phenols is 3. The van der Waals surface area contributed by atoms with Gasteiger partial charge in [0.05, 0.1) is 11.0 Å². The summed E-state index contributed by atoms with van der Waals surface area (Å²) in [5, 5.41) is 53.6. The zero-order valence-corrected chi connectivity index (χ0v) is 28.3. The van der Waals surface area contributed by atoms with Gasteiger partial charge in [0.15, 0.2) is 28.9 Å².